The molecule has 0 unspecified atom stereocenters. The molecule has 3 heterocycles. The maximum Gasteiger partial charge on any atom is 0.138 e. The smallest absolute Gasteiger partial charge is 0.138 e. The van der Waals surface area contributed by atoms with Crippen LogP contribution in [-0.4, -0.2) is 49.8 Å². The lowest BCUT2D eigenvalue weighted by Gasteiger charge is -2.26. The lowest BCUT2D eigenvalue weighted by Crippen LogP contribution is -2.10. The van der Waals surface area contributed by atoms with Crippen LogP contribution in [0.2, 0.25) is 0 Å². The largest absolute Gasteiger partial charge is 0.412 e. The van der Waals surface area contributed by atoms with Gasteiger partial charge in [0.05, 0.1) is 17.1 Å². The molecule has 3 aromatic heterocycles. The van der Waals surface area contributed by atoms with E-state index in [0.29, 0.717) is 0 Å². The van der Waals surface area contributed by atoms with E-state index in [9.17, 15) is 0 Å². The molecule has 0 aliphatic heterocycles. The fourth-order valence-electron chi connectivity index (χ4n) is 3.74. The van der Waals surface area contributed by atoms with E-state index < -0.39 is 0 Å². The van der Waals surface area contributed by atoms with E-state index in [1.54, 1.807) is 33.0 Å². The lowest BCUT2D eigenvalue weighted by molar-refractivity contribution is 0.824. The van der Waals surface area contributed by atoms with Gasteiger partial charge in [0.1, 0.15) is 38.0 Å². The molecule has 0 atom stereocenters. The summed E-state index contributed by atoms with van der Waals surface area (Å²) in [7, 11) is 0. The van der Waals surface area contributed by atoms with E-state index in [1.165, 1.54) is 19.0 Å². The van der Waals surface area contributed by atoms with Gasteiger partial charge in [0, 0.05) is 17.1 Å². The van der Waals surface area contributed by atoms with Crippen molar-refractivity contribution in [1.29, 1.82) is 0 Å². The molecule has 0 bridgehead atoms. The predicted molar refractivity (Wildman–Crippen MR) is 129 cm³/mol. The first-order chi connectivity index (χ1) is 16.8. The first kappa shape index (κ1) is 21.7. The van der Waals surface area contributed by atoms with Crippen LogP contribution >= 0.6 is 0 Å². The maximum atomic E-state index is 4.21. The Morgan fingerprint density at radius 3 is 0.943 bits per heavy atom. The summed E-state index contributed by atoms with van der Waals surface area (Å²) >= 11 is 0. The van der Waals surface area contributed by atoms with Crippen molar-refractivity contribution < 1.29 is 5.48 Å². The van der Waals surface area contributed by atoms with Gasteiger partial charge in [-0.1, -0.05) is 0 Å². The zero-order valence-electron chi connectivity index (χ0n) is 18.4. The third-order valence-electron chi connectivity index (χ3n) is 5.37. The highest BCUT2D eigenvalue weighted by molar-refractivity contribution is 5.77. The number of anilines is 3. The van der Waals surface area contributed by atoms with Gasteiger partial charge in [0.25, 0.3) is 0 Å². The molecule has 0 saturated heterocycles. The fourth-order valence-corrected chi connectivity index (χ4v) is 3.74. The van der Waals surface area contributed by atoms with Crippen molar-refractivity contribution in [2.75, 3.05) is 4.90 Å². The number of benzene rings is 3. The van der Waals surface area contributed by atoms with Crippen LogP contribution in [-0.2, 0) is 0 Å². The van der Waals surface area contributed by atoms with Crippen LogP contribution < -0.4 is 4.90 Å². The normalized spacial score (nSPS) is 10.6. The Kier molecular flexibility index (Phi) is 5.80. The molecule has 3 aromatic carbocycles. The molecular weight excluding hydrogens is 444 g/mol. The van der Waals surface area contributed by atoms with Crippen molar-refractivity contribution in [2.24, 2.45) is 0 Å². The first-order valence-corrected chi connectivity index (χ1v) is 10.5. The average Bonchev–Trinajstić information content (AvgIpc) is 3.69. The Bertz CT molecular complexity index is 1280. The summed E-state index contributed by atoms with van der Waals surface area (Å²) in [6.45, 7) is 0. The highest BCUT2D eigenvalue weighted by Crippen LogP contribution is 2.35. The zero-order valence-corrected chi connectivity index (χ0v) is 18.4. The number of rotatable bonds is 6. The number of aromatic nitrogens is 9. The molecular formula is C24H20N10O. The fraction of sp³-hybridized carbons (Fsp3) is 0. The SMILES string of the molecule is O.c1ncn(-c2ccc(N(c3ccc(-n4cncn4)cc3)c3ccc(-n4cncn4)cc3)cc2)n1. The minimum atomic E-state index is 0. The van der Waals surface area contributed by atoms with Crippen LogP contribution in [0.3, 0.4) is 0 Å². The van der Waals surface area contributed by atoms with Gasteiger partial charge in [-0.15, -0.1) is 0 Å². The second kappa shape index (κ2) is 9.37. The van der Waals surface area contributed by atoms with E-state index in [1.807, 2.05) is 36.4 Å². The number of hydrogen-bond acceptors (Lipinski definition) is 7. The van der Waals surface area contributed by atoms with Gasteiger partial charge >= 0.3 is 0 Å². The standard InChI is InChI=1S/C24H18N10.H2O/c1-7-22(8-2-19(1)31-16-25-13-28-31)34(23-9-3-20(4-10-23)32-17-26-14-29-32)24-11-5-21(6-12-24)33-18-27-15-30-33;/h1-18H;1H2. The Balaban J connectivity index is 0.00000253. The first-order valence-electron chi connectivity index (χ1n) is 10.5. The summed E-state index contributed by atoms with van der Waals surface area (Å²) in [4.78, 5) is 14.3. The number of nitrogens with zero attached hydrogens (tertiary/aromatic N) is 10. The molecule has 0 amide bonds. The molecule has 0 radical (unpaired) electrons. The summed E-state index contributed by atoms with van der Waals surface area (Å²) in [6.07, 6.45) is 9.60. The van der Waals surface area contributed by atoms with Gasteiger partial charge in [-0.25, -0.2) is 29.0 Å². The van der Waals surface area contributed by atoms with Crippen LogP contribution in [0.15, 0.2) is 111 Å². The summed E-state index contributed by atoms with van der Waals surface area (Å²) in [6, 6.07) is 24.5. The van der Waals surface area contributed by atoms with Crippen LogP contribution in [0.1, 0.15) is 0 Å². The molecule has 2 N–H and O–H groups in total. The minimum absolute atomic E-state index is 0. The molecule has 11 nitrogen and oxygen atoms in total. The van der Waals surface area contributed by atoms with Gasteiger partial charge in [-0.2, -0.15) is 15.3 Å². The molecule has 6 rings (SSSR count). The summed E-state index contributed by atoms with van der Waals surface area (Å²) in [5, 5.41) is 12.6. The van der Waals surface area contributed by atoms with Crippen LogP contribution in [0.5, 0.6) is 0 Å². The Labute approximate surface area is 199 Å². The Hall–Kier alpha value is -5.16. The molecule has 0 saturated carbocycles. The quantitative estimate of drug-likeness (QED) is 0.371. The van der Waals surface area contributed by atoms with E-state index in [2.05, 4.69) is 71.5 Å². The van der Waals surface area contributed by atoms with Crippen molar-refractivity contribution >= 4 is 17.1 Å². The van der Waals surface area contributed by atoms with Crippen molar-refractivity contribution in [2.45, 2.75) is 0 Å². The molecule has 35 heavy (non-hydrogen) atoms. The topological polar surface area (TPSA) is 127 Å². The summed E-state index contributed by atoms with van der Waals surface area (Å²) in [5.41, 5.74) is 5.82. The van der Waals surface area contributed by atoms with Crippen LogP contribution in [0.25, 0.3) is 17.1 Å². The third-order valence-corrected chi connectivity index (χ3v) is 5.37. The van der Waals surface area contributed by atoms with Gasteiger partial charge in [-0.05, 0) is 72.8 Å². The highest BCUT2D eigenvalue weighted by Gasteiger charge is 2.14. The number of hydrogen-bond donors (Lipinski definition) is 0. The van der Waals surface area contributed by atoms with Crippen LogP contribution in [0, 0.1) is 0 Å². The molecule has 0 aliphatic rings. The second-order valence-corrected chi connectivity index (χ2v) is 7.40. The highest BCUT2D eigenvalue weighted by atomic mass is 16.0. The van der Waals surface area contributed by atoms with Crippen molar-refractivity contribution in [3.05, 3.63) is 111 Å². The zero-order chi connectivity index (χ0) is 22.7. The van der Waals surface area contributed by atoms with E-state index in [-0.39, 0.29) is 5.48 Å². The van der Waals surface area contributed by atoms with E-state index in [4.69, 9.17) is 0 Å². The van der Waals surface area contributed by atoms with E-state index in [0.717, 1.165) is 34.1 Å². The second-order valence-electron chi connectivity index (χ2n) is 7.40. The molecule has 0 aliphatic carbocycles. The monoisotopic (exact) mass is 464 g/mol. The Morgan fingerprint density at radius 1 is 0.429 bits per heavy atom. The molecule has 0 spiro atoms. The van der Waals surface area contributed by atoms with Crippen molar-refractivity contribution in [3.8, 4) is 17.1 Å². The molecule has 172 valence electrons. The van der Waals surface area contributed by atoms with Crippen LogP contribution in [0.4, 0.5) is 17.1 Å². The molecule has 11 heteroatoms. The van der Waals surface area contributed by atoms with Gasteiger partial charge in [0.2, 0.25) is 0 Å². The van der Waals surface area contributed by atoms with Gasteiger partial charge in [0.15, 0.2) is 0 Å². The molecule has 6 aromatic rings. The predicted octanol–water partition coefficient (Wildman–Crippen LogP) is 3.07. The average molecular weight is 464 g/mol. The third kappa shape index (κ3) is 4.26. The van der Waals surface area contributed by atoms with Gasteiger partial charge in [-0.3, -0.25) is 0 Å². The molecule has 0 fully saturated rings. The van der Waals surface area contributed by atoms with Crippen molar-refractivity contribution in [3.63, 3.8) is 0 Å². The van der Waals surface area contributed by atoms with Crippen molar-refractivity contribution in [1.82, 2.24) is 44.3 Å². The maximum absolute atomic E-state index is 4.21. The Morgan fingerprint density at radius 2 is 0.714 bits per heavy atom. The summed E-state index contributed by atoms with van der Waals surface area (Å²) in [5.74, 6) is 0. The van der Waals surface area contributed by atoms with E-state index >= 15 is 0 Å². The lowest BCUT2D eigenvalue weighted by atomic mass is 10.1. The van der Waals surface area contributed by atoms with Gasteiger partial charge < -0.3 is 10.4 Å². The minimum Gasteiger partial charge on any atom is -0.412 e. The summed E-state index contributed by atoms with van der Waals surface area (Å²) < 4.78 is 5.19.